The molecule has 4 aromatic rings. The molecule has 37 heavy (non-hydrogen) atoms. The van der Waals surface area contributed by atoms with Crippen molar-refractivity contribution in [1.29, 1.82) is 0 Å². The summed E-state index contributed by atoms with van der Waals surface area (Å²) in [7, 11) is 1.55. The number of nitrogens with zero attached hydrogens (tertiary/aromatic N) is 1. The van der Waals surface area contributed by atoms with E-state index < -0.39 is 17.1 Å². The van der Waals surface area contributed by atoms with Gasteiger partial charge in [0.05, 0.1) is 20.3 Å². The topological polar surface area (TPSA) is 109 Å². The highest BCUT2D eigenvalue weighted by molar-refractivity contribution is 5.91. The van der Waals surface area contributed by atoms with Crippen LogP contribution in [0.1, 0.15) is 23.5 Å². The van der Waals surface area contributed by atoms with E-state index in [-0.39, 0.29) is 40.4 Å². The molecule has 0 spiro atoms. The summed E-state index contributed by atoms with van der Waals surface area (Å²) in [6.45, 7) is 1.86. The number of hydrogen-bond acceptors (Lipinski definition) is 7. The quantitative estimate of drug-likeness (QED) is 0.406. The molecule has 1 atom stereocenters. The second kappa shape index (κ2) is 10.4. The number of fused-ring (bicyclic) bond motifs is 1. The highest BCUT2D eigenvalue weighted by Gasteiger charge is 2.30. The molecule has 190 valence electrons. The molecule has 1 aliphatic rings. The van der Waals surface area contributed by atoms with Crippen LogP contribution in [0, 0.1) is 0 Å². The Morgan fingerprint density at radius 3 is 2.49 bits per heavy atom. The largest absolute Gasteiger partial charge is 0.507 e. The smallest absolute Gasteiger partial charge is 0.223 e. The first-order valence-corrected chi connectivity index (χ1v) is 12.0. The van der Waals surface area contributed by atoms with Gasteiger partial charge in [0.15, 0.2) is 5.43 Å². The molecular weight excluding hydrogens is 474 g/mol. The predicted octanol–water partition coefficient (Wildman–Crippen LogP) is 4.26. The zero-order valence-corrected chi connectivity index (χ0v) is 20.3. The van der Waals surface area contributed by atoms with Crippen molar-refractivity contribution in [2.75, 3.05) is 33.4 Å². The monoisotopic (exact) mass is 501 g/mol. The molecule has 0 aliphatic carbocycles. The van der Waals surface area contributed by atoms with Crippen molar-refractivity contribution in [3.63, 3.8) is 0 Å². The van der Waals surface area contributed by atoms with E-state index in [1.165, 1.54) is 6.07 Å². The number of rotatable bonds is 6. The molecule has 8 heteroatoms. The first-order chi connectivity index (χ1) is 18.0. The zero-order valence-electron chi connectivity index (χ0n) is 20.3. The number of methoxy groups -OCH3 is 1. The van der Waals surface area contributed by atoms with E-state index in [0.717, 1.165) is 6.07 Å². The average molecular weight is 502 g/mol. The van der Waals surface area contributed by atoms with Crippen molar-refractivity contribution in [2.24, 2.45) is 0 Å². The fourth-order valence-electron chi connectivity index (χ4n) is 4.76. The van der Waals surface area contributed by atoms with Crippen molar-refractivity contribution >= 4 is 16.9 Å². The van der Waals surface area contributed by atoms with E-state index in [0.29, 0.717) is 43.2 Å². The molecule has 1 aliphatic heterocycles. The fourth-order valence-corrected chi connectivity index (χ4v) is 4.76. The van der Waals surface area contributed by atoms with Gasteiger partial charge in [-0.1, -0.05) is 42.5 Å². The first kappa shape index (κ1) is 24.4. The van der Waals surface area contributed by atoms with Gasteiger partial charge in [0.1, 0.15) is 34.0 Å². The molecule has 1 fully saturated rings. The van der Waals surface area contributed by atoms with Crippen LogP contribution in [0.25, 0.3) is 22.3 Å². The van der Waals surface area contributed by atoms with Crippen LogP contribution < -0.4 is 10.2 Å². The van der Waals surface area contributed by atoms with Crippen molar-refractivity contribution in [1.82, 2.24) is 4.90 Å². The Labute approximate surface area is 213 Å². The van der Waals surface area contributed by atoms with E-state index in [1.54, 1.807) is 42.3 Å². The first-order valence-electron chi connectivity index (χ1n) is 12.0. The number of morpholine rings is 1. The summed E-state index contributed by atoms with van der Waals surface area (Å²) in [6.07, 6.45) is -0.000121. The molecule has 2 heterocycles. The second-order valence-electron chi connectivity index (χ2n) is 8.90. The van der Waals surface area contributed by atoms with Crippen molar-refractivity contribution in [3.8, 4) is 28.6 Å². The molecule has 1 aromatic heterocycles. The fraction of sp³-hybridized carbons (Fsp3) is 0.241. The summed E-state index contributed by atoms with van der Waals surface area (Å²) >= 11 is 0. The number of benzene rings is 3. The molecule has 0 saturated carbocycles. The Morgan fingerprint density at radius 2 is 1.76 bits per heavy atom. The average Bonchev–Trinajstić information content (AvgIpc) is 2.92. The van der Waals surface area contributed by atoms with Gasteiger partial charge in [-0.3, -0.25) is 9.59 Å². The predicted molar refractivity (Wildman–Crippen MR) is 138 cm³/mol. The molecule has 0 bridgehead atoms. The number of phenolic OH excluding ortho intramolecular Hbond substituents is 2. The minimum Gasteiger partial charge on any atom is -0.507 e. The molecule has 3 aromatic carbocycles. The van der Waals surface area contributed by atoms with E-state index in [1.807, 2.05) is 24.3 Å². The molecule has 1 amide bonds. The van der Waals surface area contributed by atoms with Crippen molar-refractivity contribution in [3.05, 3.63) is 88.1 Å². The highest BCUT2D eigenvalue weighted by Crippen LogP contribution is 2.43. The summed E-state index contributed by atoms with van der Waals surface area (Å²) in [5.41, 5.74) is 1.18. The Hall–Kier alpha value is -4.30. The van der Waals surface area contributed by atoms with E-state index in [4.69, 9.17) is 13.9 Å². The van der Waals surface area contributed by atoms with Gasteiger partial charge in [-0.25, -0.2) is 0 Å². The van der Waals surface area contributed by atoms with Gasteiger partial charge >= 0.3 is 0 Å². The lowest BCUT2D eigenvalue weighted by molar-refractivity contribution is -0.135. The van der Waals surface area contributed by atoms with Crippen LogP contribution in [0.3, 0.4) is 0 Å². The van der Waals surface area contributed by atoms with Crippen LogP contribution in [-0.2, 0) is 9.53 Å². The third-order valence-corrected chi connectivity index (χ3v) is 6.64. The van der Waals surface area contributed by atoms with E-state index in [2.05, 4.69) is 0 Å². The van der Waals surface area contributed by atoms with Gasteiger partial charge in [0.25, 0.3) is 0 Å². The van der Waals surface area contributed by atoms with Gasteiger partial charge in [0.2, 0.25) is 5.91 Å². The molecule has 5 rings (SSSR count). The van der Waals surface area contributed by atoms with Crippen LogP contribution >= 0.6 is 0 Å². The van der Waals surface area contributed by atoms with Crippen LogP contribution in [0.15, 0.2) is 75.9 Å². The molecule has 0 radical (unpaired) electrons. The summed E-state index contributed by atoms with van der Waals surface area (Å²) < 4.78 is 17.0. The summed E-state index contributed by atoms with van der Waals surface area (Å²) in [5.74, 6) is -0.626. The molecule has 8 nitrogen and oxygen atoms in total. The maximum atomic E-state index is 13.4. The maximum Gasteiger partial charge on any atom is 0.223 e. The number of carbonyl (C=O) groups excluding carboxylic acids is 1. The van der Waals surface area contributed by atoms with Gasteiger partial charge in [-0.05, 0) is 17.7 Å². The van der Waals surface area contributed by atoms with E-state index in [9.17, 15) is 19.8 Å². The number of ether oxygens (including phenoxy) is 2. The lowest BCUT2D eigenvalue weighted by atomic mass is 9.85. The van der Waals surface area contributed by atoms with Gasteiger partial charge in [0, 0.05) is 48.7 Å². The Morgan fingerprint density at radius 1 is 1.00 bits per heavy atom. The summed E-state index contributed by atoms with van der Waals surface area (Å²) in [5, 5.41) is 21.7. The summed E-state index contributed by atoms with van der Waals surface area (Å²) in [6, 6.07) is 18.7. The molecule has 2 N–H and O–H groups in total. The Balaban J connectivity index is 1.73. The van der Waals surface area contributed by atoms with Crippen LogP contribution in [0.2, 0.25) is 0 Å². The van der Waals surface area contributed by atoms with Gasteiger partial charge in [-0.2, -0.15) is 0 Å². The standard InChI is InChI=1S/C29H27NO7/c1-35-20-9-5-8-19(14-20)21(15-26(34)30-10-12-36-13-11-30)27-22(31)16-23(32)28-24(33)17-25(37-29(27)28)18-6-3-2-4-7-18/h2-9,14,16-17,21,31-32H,10-13,15H2,1H3. The normalized spacial score (nSPS) is 14.5. The highest BCUT2D eigenvalue weighted by atomic mass is 16.5. The number of aromatic hydroxyl groups is 2. The Bertz CT molecular complexity index is 1490. The van der Waals surface area contributed by atoms with Crippen molar-refractivity contribution < 1.29 is 28.9 Å². The minimum absolute atomic E-state index is 0.000121. The van der Waals surface area contributed by atoms with Gasteiger partial charge < -0.3 is 29.0 Å². The van der Waals surface area contributed by atoms with Crippen molar-refractivity contribution in [2.45, 2.75) is 12.3 Å². The second-order valence-corrected chi connectivity index (χ2v) is 8.90. The third-order valence-electron chi connectivity index (χ3n) is 6.64. The van der Waals surface area contributed by atoms with Crippen LogP contribution in [0.5, 0.6) is 17.2 Å². The molecular formula is C29H27NO7. The zero-order chi connectivity index (χ0) is 25.9. The minimum atomic E-state index is -0.692. The van der Waals surface area contributed by atoms with E-state index >= 15 is 0 Å². The molecule has 1 unspecified atom stereocenters. The Kier molecular flexibility index (Phi) is 6.83. The molecule has 1 saturated heterocycles. The maximum absolute atomic E-state index is 13.4. The summed E-state index contributed by atoms with van der Waals surface area (Å²) in [4.78, 5) is 28.3. The number of amides is 1. The SMILES string of the molecule is COc1cccc(C(CC(=O)N2CCOCC2)c2c(O)cc(O)c3c(=O)cc(-c4ccccc4)oc23)c1. The number of hydrogen-bond donors (Lipinski definition) is 2. The van der Waals surface area contributed by atoms with Gasteiger partial charge in [-0.15, -0.1) is 0 Å². The van der Waals surface area contributed by atoms with Crippen LogP contribution in [-0.4, -0.2) is 54.4 Å². The lowest BCUT2D eigenvalue weighted by Crippen LogP contribution is -2.41. The third kappa shape index (κ3) is 4.88. The van der Waals surface area contributed by atoms with Crippen LogP contribution in [0.4, 0.5) is 0 Å². The lowest BCUT2D eigenvalue weighted by Gasteiger charge is -2.29. The number of carbonyl (C=O) groups is 1. The number of phenols is 2.